The molecule has 0 fully saturated rings. The normalized spacial score (nSPS) is 10.7. The summed E-state index contributed by atoms with van der Waals surface area (Å²) < 4.78 is 0. The van der Waals surface area contributed by atoms with Crippen molar-refractivity contribution in [1.82, 2.24) is 10.2 Å². The average molecular weight is 290 g/mol. The van der Waals surface area contributed by atoms with Crippen molar-refractivity contribution in [1.29, 1.82) is 0 Å². The molecular formula is C12H10N4O3S. The SMILES string of the molecule is Cc1nnc(NC(=O)C=Cc2cccc([N+](=O)[O-])c2)s1. The number of aryl methyl sites for hydroxylation is 1. The predicted molar refractivity (Wildman–Crippen MR) is 75.4 cm³/mol. The fourth-order valence-electron chi connectivity index (χ4n) is 1.41. The molecule has 1 heterocycles. The van der Waals surface area contributed by atoms with E-state index in [-0.39, 0.29) is 11.6 Å². The molecule has 0 aliphatic carbocycles. The summed E-state index contributed by atoms with van der Waals surface area (Å²) in [5.41, 5.74) is 0.551. The number of rotatable bonds is 4. The number of aromatic nitrogens is 2. The summed E-state index contributed by atoms with van der Waals surface area (Å²) in [6.07, 6.45) is 2.78. The van der Waals surface area contributed by atoms with Crippen LogP contribution < -0.4 is 5.32 Å². The maximum absolute atomic E-state index is 11.6. The zero-order valence-corrected chi connectivity index (χ0v) is 11.3. The molecule has 1 aromatic carbocycles. The van der Waals surface area contributed by atoms with E-state index in [9.17, 15) is 14.9 Å². The molecule has 1 aromatic heterocycles. The lowest BCUT2D eigenvalue weighted by Gasteiger charge is -1.96. The van der Waals surface area contributed by atoms with E-state index in [0.29, 0.717) is 10.7 Å². The van der Waals surface area contributed by atoms with Gasteiger partial charge < -0.3 is 0 Å². The molecule has 0 spiro atoms. The highest BCUT2D eigenvalue weighted by atomic mass is 32.1. The molecule has 0 aliphatic heterocycles. The Labute approximate surface area is 118 Å². The summed E-state index contributed by atoms with van der Waals surface area (Å²) in [6, 6.07) is 6.01. The van der Waals surface area contributed by atoms with Crippen LogP contribution in [0.1, 0.15) is 10.6 Å². The van der Waals surface area contributed by atoms with Crippen molar-refractivity contribution in [3.8, 4) is 0 Å². The van der Waals surface area contributed by atoms with Gasteiger partial charge in [-0.15, -0.1) is 10.2 Å². The first-order chi connectivity index (χ1) is 9.54. The van der Waals surface area contributed by atoms with Gasteiger partial charge in [0.15, 0.2) is 0 Å². The molecule has 0 aliphatic rings. The number of nitro benzene ring substituents is 1. The van der Waals surface area contributed by atoms with Crippen LogP contribution in [0.5, 0.6) is 0 Å². The minimum atomic E-state index is -0.485. The molecule has 0 unspecified atom stereocenters. The van der Waals surface area contributed by atoms with E-state index >= 15 is 0 Å². The molecule has 0 saturated carbocycles. The highest BCUT2D eigenvalue weighted by Gasteiger charge is 2.05. The zero-order chi connectivity index (χ0) is 14.5. The topological polar surface area (TPSA) is 98.0 Å². The number of nitrogens with zero attached hydrogens (tertiary/aromatic N) is 3. The van der Waals surface area contributed by atoms with E-state index in [2.05, 4.69) is 15.5 Å². The zero-order valence-electron chi connectivity index (χ0n) is 10.4. The van der Waals surface area contributed by atoms with Crippen LogP contribution in [0, 0.1) is 17.0 Å². The standard InChI is InChI=1S/C12H10N4O3S/c1-8-14-15-12(20-8)13-11(17)6-5-9-3-2-4-10(7-9)16(18)19/h2-7H,1H3,(H,13,15,17). The van der Waals surface area contributed by atoms with E-state index in [4.69, 9.17) is 0 Å². The maximum Gasteiger partial charge on any atom is 0.270 e. The lowest BCUT2D eigenvalue weighted by atomic mass is 10.2. The van der Waals surface area contributed by atoms with Crippen LogP contribution in [0.25, 0.3) is 6.08 Å². The van der Waals surface area contributed by atoms with Gasteiger partial charge in [-0.1, -0.05) is 23.5 Å². The minimum Gasteiger partial charge on any atom is -0.297 e. The molecule has 1 N–H and O–H groups in total. The Balaban J connectivity index is 2.03. The van der Waals surface area contributed by atoms with Crippen LogP contribution in [-0.2, 0) is 4.79 Å². The van der Waals surface area contributed by atoms with Gasteiger partial charge in [-0.2, -0.15) is 0 Å². The molecule has 20 heavy (non-hydrogen) atoms. The van der Waals surface area contributed by atoms with Crippen molar-refractivity contribution in [2.45, 2.75) is 6.92 Å². The summed E-state index contributed by atoms with van der Waals surface area (Å²) in [5.74, 6) is -0.368. The van der Waals surface area contributed by atoms with E-state index in [1.807, 2.05) is 0 Å². The smallest absolute Gasteiger partial charge is 0.270 e. The summed E-state index contributed by atoms with van der Waals surface area (Å²) >= 11 is 1.27. The van der Waals surface area contributed by atoms with Gasteiger partial charge in [0.05, 0.1) is 4.92 Å². The number of non-ortho nitro benzene ring substituents is 1. The lowest BCUT2D eigenvalue weighted by Crippen LogP contribution is -2.07. The summed E-state index contributed by atoms with van der Waals surface area (Å²) in [6.45, 7) is 1.78. The minimum absolute atomic E-state index is 0.0210. The van der Waals surface area contributed by atoms with Gasteiger partial charge in [-0.25, -0.2) is 0 Å². The molecule has 0 radical (unpaired) electrons. The Kier molecular flexibility index (Phi) is 4.16. The first-order valence-corrected chi connectivity index (χ1v) is 6.40. The Hall–Kier alpha value is -2.61. The Morgan fingerprint density at radius 1 is 1.45 bits per heavy atom. The van der Waals surface area contributed by atoms with Crippen LogP contribution in [0.15, 0.2) is 30.3 Å². The van der Waals surface area contributed by atoms with Crippen LogP contribution in [-0.4, -0.2) is 21.0 Å². The molecule has 2 rings (SSSR count). The van der Waals surface area contributed by atoms with Crippen molar-refractivity contribution in [3.05, 3.63) is 51.0 Å². The van der Waals surface area contributed by atoms with Crippen LogP contribution >= 0.6 is 11.3 Å². The molecule has 1 amide bonds. The lowest BCUT2D eigenvalue weighted by molar-refractivity contribution is -0.384. The van der Waals surface area contributed by atoms with Gasteiger partial charge in [0, 0.05) is 18.2 Å². The van der Waals surface area contributed by atoms with E-state index in [1.54, 1.807) is 19.1 Å². The number of nitro groups is 1. The van der Waals surface area contributed by atoms with Crippen LogP contribution in [0.3, 0.4) is 0 Å². The summed E-state index contributed by atoms with van der Waals surface area (Å²) in [5, 5.41) is 21.9. The fourth-order valence-corrected chi connectivity index (χ4v) is 2.00. The first kappa shape index (κ1) is 13.8. The van der Waals surface area contributed by atoms with Crippen molar-refractivity contribution in [2.24, 2.45) is 0 Å². The maximum atomic E-state index is 11.6. The van der Waals surface area contributed by atoms with Gasteiger partial charge in [0.25, 0.3) is 5.69 Å². The average Bonchev–Trinajstić information content (AvgIpc) is 2.82. The van der Waals surface area contributed by atoms with E-state index in [1.165, 1.54) is 35.6 Å². The third kappa shape index (κ3) is 3.69. The third-order valence-corrected chi connectivity index (χ3v) is 3.02. The largest absolute Gasteiger partial charge is 0.297 e. The van der Waals surface area contributed by atoms with Crippen molar-refractivity contribution in [3.63, 3.8) is 0 Å². The molecule has 7 nitrogen and oxygen atoms in total. The number of nitrogens with one attached hydrogen (secondary N) is 1. The van der Waals surface area contributed by atoms with Crippen molar-refractivity contribution >= 4 is 34.1 Å². The monoisotopic (exact) mass is 290 g/mol. The number of carbonyl (C=O) groups is 1. The van der Waals surface area contributed by atoms with Gasteiger partial charge in [-0.3, -0.25) is 20.2 Å². The Morgan fingerprint density at radius 3 is 2.90 bits per heavy atom. The summed E-state index contributed by atoms with van der Waals surface area (Å²) in [4.78, 5) is 21.8. The number of carbonyl (C=O) groups excluding carboxylic acids is 1. The Bertz CT molecular complexity index is 681. The second kappa shape index (κ2) is 6.02. The molecular weight excluding hydrogens is 280 g/mol. The van der Waals surface area contributed by atoms with Crippen LogP contribution in [0.2, 0.25) is 0 Å². The van der Waals surface area contributed by atoms with Crippen molar-refractivity contribution < 1.29 is 9.72 Å². The third-order valence-electron chi connectivity index (χ3n) is 2.26. The van der Waals surface area contributed by atoms with Crippen molar-refractivity contribution in [2.75, 3.05) is 5.32 Å². The van der Waals surface area contributed by atoms with Gasteiger partial charge in [0.2, 0.25) is 11.0 Å². The molecule has 102 valence electrons. The molecule has 0 bridgehead atoms. The van der Waals surface area contributed by atoms with E-state index in [0.717, 1.165) is 5.01 Å². The first-order valence-electron chi connectivity index (χ1n) is 5.58. The summed E-state index contributed by atoms with van der Waals surface area (Å²) in [7, 11) is 0. The van der Waals surface area contributed by atoms with Gasteiger partial charge >= 0.3 is 0 Å². The second-order valence-corrected chi connectivity index (χ2v) is 4.98. The number of amides is 1. The molecule has 2 aromatic rings. The predicted octanol–water partition coefficient (Wildman–Crippen LogP) is 2.41. The molecule has 0 atom stereocenters. The Morgan fingerprint density at radius 2 is 2.25 bits per heavy atom. The van der Waals surface area contributed by atoms with E-state index < -0.39 is 4.92 Å². The highest BCUT2D eigenvalue weighted by molar-refractivity contribution is 7.15. The second-order valence-electron chi connectivity index (χ2n) is 3.80. The van der Waals surface area contributed by atoms with Gasteiger partial charge in [0.1, 0.15) is 5.01 Å². The number of hydrogen-bond acceptors (Lipinski definition) is 6. The highest BCUT2D eigenvalue weighted by Crippen LogP contribution is 2.15. The number of anilines is 1. The molecule has 0 saturated heterocycles. The number of hydrogen-bond donors (Lipinski definition) is 1. The van der Waals surface area contributed by atoms with Crippen LogP contribution in [0.4, 0.5) is 10.8 Å². The quantitative estimate of drug-likeness (QED) is 0.529. The fraction of sp³-hybridized carbons (Fsp3) is 0.0833. The molecule has 8 heteroatoms. The number of benzene rings is 1. The van der Waals surface area contributed by atoms with Gasteiger partial charge in [-0.05, 0) is 18.6 Å².